The van der Waals surface area contributed by atoms with Crippen LogP contribution < -0.4 is 79.5 Å². The number of benzene rings is 3. The molecule has 0 amide bonds. The fraction of sp³-hybridized carbons (Fsp3) is 0.355. The van der Waals surface area contributed by atoms with Crippen LogP contribution in [0.2, 0.25) is 0 Å². The van der Waals surface area contributed by atoms with Gasteiger partial charge in [0.2, 0.25) is 0 Å². The molecule has 0 fully saturated rings. The fourth-order valence-electron chi connectivity index (χ4n) is 4.77. The molecule has 0 aliphatic heterocycles. The number of unbranched alkanes of at least 4 members (excludes halogenated alkanes) is 1. The van der Waals surface area contributed by atoms with Crippen molar-refractivity contribution < 1.29 is 78.9 Å². The first-order valence-corrected chi connectivity index (χ1v) is 13.1. The summed E-state index contributed by atoms with van der Waals surface area (Å²) in [7, 11) is 0. The number of hydrogen-bond donors (Lipinski definition) is 1. The molecule has 0 aromatic heterocycles. The Morgan fingerprint density at radius 3 is 1.67 bits per heavy atom. The largest absolute Gasteiger partial charge is 1.00 e. The summed E-state index contributed by atoms with van der Waals surface area (Å²) in [6, 6.07) is 29.0. The van der Waals surface area contributed by atoms with Crippen LogP contribution in [-0.2, 0) is 15.1 Å². The van der Waals surface area contributed by atoms with Crippen molar-refractivity contribution in [2.75, 3.05) is 24.5 Å². The van der Waals surface area contributed by atoms with Crippen LogP contribution in [0.15, 0.2) is 84.9 Å². The van der Waals surface area contributed by atoms with Gasteiger partial charge in [-0.15, -0.1) is 0 Å². The SMILES string of the molecule is CCCCNC(c1ccccc1)(c1ccccc1)c1cccc(N(CCCC(=O)[O-])CCCC(=O)[O-])c1.[Na+].[Na+]. The van der Waals surface area contributed by atoms with Crippen molar-refractivity contribution in [1.82, 2.24) is 5.32 Å². The molecular weight excluding hydrogens is 510 g/mol. The number of nitrogens with zero attached hydrogens (tertiary/aromatic N) is 1. The van der Waals surface area contributed by atoms with E-state index in [2.05, 4.69) is 53.5 Å². The van der Waals surface area contributed by atoms with E-state index >= 15 is 0 Å². The minimum atomic E-state index is -1.09. The summed E-state index contributed by atoms with van der Waals surface area (Å²) in [6.45, 7) is 3.96. The minimum Gasteiger partial charge on any atom is -0.550 e. The van der Waals surface area contributed by atoms with Crippen LogP contribution in [0.5, 0.6) is 0 Å². The van der Waals surface area contributed by atoms with Crippen molar-refractivity contribution in [2.24, 2.45) is 0 Å². The molecule has 8 heteroatoms. The van der Waals surface area contributed by atoms with Crippen LogP contribution in [0.4, 0.5) is 5.69 Å². The van der Waals surface area contributed by atoms with Gasteiger partial charge < -0.3 is 24.7 Å². The molecule has 1 N–H and O–H groups in total. The molecule has 0 aliphatic rings. The van der Waals surface area contributed by atoms with Gasteiger partial charge in [-0.3, -0.25) is 5.32 Å². The molecule has 39 heavy (non-hydrogen) atoms. The second-order valence-corrected chi connectivity index (χ2v) is 9.25. The molecule has 3 aromatic rings. The van der Waals surface area contributed by atoms with E-state index in [1.165, 1.54) is 0 Å². The van der Waals surface area contributed by atoms with E-state index in [9.17, 15) is 19.8 Å². The Balaban J connectivity index is 0.00000380. The Labute approximate surface area is 276 Å². The summed E-state index contributed by atoms with van der Waals surface area (Å²) < 4.78 is 0. The maximum Gasteiger partial charge on any atom is 1.00 e. The van der Waals surface area contributed by atoms with Crippen molar-refractivity contribution in [2.45, 2.75) is 51.0 Å². The number of anilines is 1. The van der Waals surface area contributed by atoms with E-state index in [1.54, 1.807) is 0 Å². The Kier molecular flexibility index (Phi) is 16.9. The summed E-state index contributed by atoms with van der Waals surface area (Å²) in [4.78, 5) is 24.1. The zero-order valence-electron chi connectivity index (χ0n) is 23.5. The number of carbonyl (C=O) groups excluding carboxylic acids is 2. The Bertz CT molecular complexity index is 1070. The van der Waals surface area contributed by atoms with Crippen molar-refractivity contribution in [3.05, 3.63) is 102 Å². The first kappa shape index (κ1) is 35.4. The number of nitrogens with one attached hydrogen (secondary N) is 1. The Morgan fingerprint density at radius 1 is 0.718 bits per heavy atom. The first-order valence-electron chi connectivity index (χ1n) is 13.1. The van der Waals surface area contributed by atoms with Crippen LogP contribution in [0, 0.1) is 0 Å². The van der Waals surface area contributed by atoms with Gasteiger partial charge >= 0.3 is 59.1 Å². The van der Waals surface area contributed by atoms with Gasteiger partial charge in [0.1, 0.15) is 0 Å². The zero-order chi connectivity index (χ0) is 26.5. The number of rotatable bonds is 16. The van der Waals surface area contributed by atoms with Crippen LogP contribution in [0.3, 0.4) is 0 Å². The third kappa shape index (κ3) is 10.4. The van der Waals surface area contributed by atoms with E-state index in [0.29, 0.717) is 25.9 Å². The molecule has 0 heterocycles. The van der Waals surface area contributed by atoms with E-state index in [1.807, 2.05) is 48.5 Å². The molecular formula is C31H36N2Na2O4. The maximum absolute atomic E-state index is 11.0. The van der Waals surface area contributed by atoms with Gasteiger partial charge in [0.15, 0.2) is 0 Å². The van der Waals surface area contributed by atoms with Gasteiger partial charge in [0.25, 0.3) is 0 Å². The molecule has 3 aromatic carbocycles. The van der Waals surface area contributed by atoms with E-state index in [4.69, 9.17) is 0 Å². The number of carbonyl (C=O) groups is 2. The molecule has 196 valence electrons. The molecule has 0 saturated heterocycles. The van der Waals surface area contributed by atoms with E-state index in [-0.39, 0.29) is 72.0 Å². The number of aliphatic carboxylic acids is 2. The van der Waals surface area contributed by atoms with Crippen LogP contribution in [-0.4, -0.2) is 31.6 Å². The molecule has 0 unspecified atom stereocenters. The van der Waals surface area contributed by atoms with Crippen molar-refractivity contribution in [1.29, 1.82) is 0 Å². The quantitative estimate of drug-likeness (QED) is 0.119. The standard InChI is InChI=1S/C31H38N2O4.2Na/c1-2-3-21-32-31(25-13-6-4-7-14-25,26-15-8-5-9-16-26)27-17-10-18-28(24-27)33(22-11-19-29(34)35)23-12-20-30(36)37;;/h4-10,13-18,24,32H,2-3,11-12,19-23H2,1H3,(H,34,35)(H,36,37);;/q;2*+1/p-2. The van der Waals surface area contributed by atoms with Crippen LogP contribution >= 0.6 is 0 Å². The third-order valence-corrected chi connectivity index (χ3v) is 6.60. The van der Waals surface area contributed by atoms with Crippen LogP contribution in [0.1, 0.15) is 62.1 Å². The van der Waals surface area contributed by atoms with E-state index < -0.39 is 17.5 Å². The summed E-state index contributed by atoms with van der Waals surface area (Å²) >= 11 is 0. The molecule has 6 nitrogen and oxygen atoms in total. The molecule has 0 aliphatic carbocycles. The third-order valence-electron chi connectivity index (χ3n) is 6.60. The summed E-state index contributed by atoms with van der Waals surface area (Å²) in [5.74, 6) is -2.17. The predicted octanol–water partition coefficient (Wildman–Crippen LogP) is -2.76. The minimum absolute atomic E-state index is 0. The predicted molar refractivity (Wildman–Crippen MR) is 143 cm³/mol. The van der Waals surface area contributed by atoms with Gasteiger partial charge in [0, 0.05) is 30.7 Å². The second kappa shape index (κ2) is 18.7. The normalized spacial score (nSPS) is 10.7. The first-order chi connectivity index (χ1) is 18.0. The average molecular weight is 547 g/mol. The molecule has 0 spiro atoms. The summed E-state index contributed by atoms with van der Waals surface area (Å²) in [5, 5.41) is 25.9. The van der Waals surface area contributed by atoms with Gasteiger partial charge in [-0.25, -0.2) is 0 Å². The average Bonchev–Trinajstić information content (AvgIpc) is 2.91. The monoisotopic (exact) mass is 546 g/mol. The van der Waals surface area contributed by atoms with Gasteiger partial charge in [-0.1, -0.05) is 86.1 Å². The van der Waals surface area contributed by atoms with Gasteiger partial charge in [-0.2, -0.15) is 0 Å². The molecule has 0 radical (unpaired) electrons. The van der Waals surface area contributed by atoms with Crippen LogP contribution in [0.25, 0.3) is 0 Å². The molecule has 0 atom stereocenters. The number of hydrogen-bond acceptors (Lipinski definition) is 6. The zero-order valence-corrected chi connectivity index (χ0v) is 27.5. The smallest absolute Gasteiger partial charge is 0.550 e. The van der Waals surface area contributed by atoms with Crippen molar-refractivity contribution in [3.63, 3.8) is 0 Å². The van der Waals surface area contributed by atoms with E-state index in [0.717, 1.165) is 41.8 Å². The molecule has 0 saturated carbocycles. The van der Waals surface area contributed by atoms with Gasteiger partial charge in [0.05, 0.1) is 5.54 Å². The maximum atomic E-state index is 11.0. The number of carboxylic acids is 2. The van der Waals surface area contributed by atoms with Crippen molar-refractivity contribution >= 4 is 17.6 Å². The molecule has 3 rings (SSSR count). The van der Waals surface area contributed by atoms with Crippen molar-refractivity contribution in [3.8, 4) is 0 Å². The summed E-state index contributed by atoms with van der Waals surface area (Å²) in [6.07, 6.45) is 2.82. The fourth-order valence-corrected chi connectivity index (χ4v) is 4.77. The topological polar surface area (TPSA) is 95.5 Å². The Morgan fingerprint density at radius 2 is 1.21 bits per heavy atom. The van der Waals surface area contributed by atoms with Gasteiger partial charge in [-0.05, 0) is 67.5 Å². The Hall–Kier alpha value is -1.64. The molecule has 0 bridgehead atoms. The number of carboxylic acid groups (broad SMARTS) is 2. The second-order valence-electron chi connectivity index (χ2n) is 9.25. The summed E-state index contributed by atoms with van der Waals surface area (Å²) in [5.41, 5.74) is 3.62.